The van der Waals surface area contributed by atoms with Gasteiger partial charge in [-0.15, -0.1) is 0 Å². The minimum atomic E-state index is -3.73. The van der Waals surface area contributed by atoms with Crippen molar-refractivity contribution in [1.82, 2.24) is 14.5 Å². The van der Waals surface area contributed by atoms with Gasteiger partial charge in [-0.05, 0) is 79.6 Å². The van der Waals surface area contributed by atoms with Gasteiger partial charge in [-0.3, -0.25) is 9.59 Å². The molecule has 0 spiro atoms. The van der Waals surface area contributed by atoms with Gasteiger partial charge in [0, 0.05) is 53.4 Å². The van der Waals surface area contributed by atoms with E-state index in [0.717, 1.165) is 0 Å². The normalized spacial score (nSPS) is 14.2. The number of ether oxygens (including phenoxy) is 1. The molecule has 1 N–H and O–H groups in total. The third-order valence-electron chi connectivity index (χ3n) is 6.23. The molecule has 0 bridgehead atoms. The molecule has 2 amide bonds. The van der Waals surface area contributed by atoms with Gasteiger partial charge < -0.3 is 14.5 Å². The summed E-state index contributed by atoms with van der Waals surface area (Å²) in [6.07, 6.45) is 0.756. The summed E-state index contributed by atoms with van der Waals surface area (Å²) in [4.78, 5) is 28.8. The Bertz CT molecular complexity index is 1440. The third-order valence-corrected chi connectivity index (χ3v) is 8.50. The van der Waals surface area contributed by atoms with Crippen molar-refractivity contribution >= 4 is 56.6 Å². The summed E-state index contributed by atoms with van der Waals surface area (Å²) in [5.74, 6) is -0.295. The molecule has 12 heteroatoms. The van der Waals surface area contributed by atoms with Crippen LogP contribution >= 0.6 is 34.8 Å². The first-order valence-corrected chi connectivity index (χ1v) is 14.7. The van der Waals surface area contributed by atoms with Crippen LogP contribution in [-0.2, 0) is 26.2 Å². The number of nitrogens with zero attached hydrogens (tertiary/aromatic N) is 2. The summed E-state index contributed by atoms with van der Waals surface area (Å²) < 4.78 is 33.9. The summed E-state index contributed by atoms with van der Waals surface area (Å²) in [5, 5.41) is 1.48. The standard InChI is InChI=1S/C27H26Cl3N3O5S/c1-32(17-18-16-21(30)6-11-25(18)38-23-7-2-19(28)3-8-23)26(34)27(35)33-14-12-22(13-15-33)31-39(36,37)24-9-4-20(29)5-10-24/h2-11,16,22,31H,12-15,17H2,1H3. The van der Waals surface area contributed by atoms with Crippen LogP contribution in [0, 0.1) is 0 Å². The molecule has 0 saturated carbocycles. The summed E-state index contributed by atoms with van der Waals surface area (Å²) in [5.41, 5.74) is 0.622. The third kappa shape index (κ3) is 7.64. The molecule has 1 heterocycles. The van der Waals surface area contributed by atoms with Crippen molar-refractivity contribution in [3.8, 4) is 11.5 Å². The van der Waals surface area contributed by atoms with Crippen LogP contribution in [0.5, 0.6) is 11.5 Å². The van der Waals surface area contributed by atoms with Gasteiger partial charge in [0.05, 0.1) is 4.90 Å². The quantitative estimate of drug-likeness (QED) is 0.363. The molecule has 0 atom stereocenters. The lowest BCUT2D eigenvalue weighted by molar-refractivity contribution is -0.152. The Morgan fingerprint density at radius 3 is 2.10 bits per heavy atom. The second-order valence-corrected chi connectivity index (χ2v) is 12.1. The predicted octanol–water partition coefficient (Wildman–Crippen LogP) is 5.37. The van der Waals surface area contributed by atoms with Gasteiger partial charge in [0.1, 0.15) is 11.5 Å². The van der Waals surface area contributed by atoms with Crippen molar-refractivity contribution in [2.45, 2.75) is 30.3 Å². The average Bonchev–Trinajstić information content (AvgIpc) is 2.91. The molecule has 1 aliphatic rings. The van der Waals surface area contributed by atoms with E-state index in [1.165, 1.54) is 41.1 Å². The van der Waals surface area contributed by atoms with Gasteiger partial charge in [-0.25, -0.2) is 13.1 Å². The first-order valence-electron chi connectivity index (χ1n) is 12.1. The summed E-state index contributed by atoms with van der Waals surface area (Å²) in [6, 6.07) is 17.4. The van der Waals surface area contributed by atoms with E-state index in [1.54, 1.807) is 42.5 Å². The van der Waals surface area contributed by atoms with Crippen molar-refractivity contribution in [3.63, 3.8) is 0 Å². The zero-order valence-corrected chi connectivity index (χ0v) is 24.0. The van der Waals surface area contributed by atoms with Crippen molar-refractivity contribution in [2.24, 2.45) is 0 Å². The Kier molecular flexibility index (Phi) is 9.40. The smallest absolute Gasteiger partial charge is 0.312 e. The van der Waals surface area contributed by atoms with Crippen molar-refractivity contribution in [3.05, 3.63) is 87.4 Å². The largest absolute Gasteiger partial charge is 0.457 e. The number of nitrogens with one attached hydrogen (secondary N) is 1. The Labute approximate surface area is 242 Å². The van der Waals surface area contributed by atoms with E-state index in [-0.39, 0.29) is 30.6 Å². The molecule has 0 unspecified atom stereocenters. The van der Waals surface area contributed by atoms with Crippen molar-refractivity contribution in [2.75, 3.05) is 20.1 Å². The number of sulfonamides is 1. The number of piperidine rings is 1. The topological polar surface area (TPSA) is 96.0 Å². The SMILES string of the molecule is CN(Cc1cc(Cl)ccc1Oc1ccc(Cl)cc1)C(=O)C(=O)N1CCC(NS(=O)(=O)c2ccc(Cl)cc2)CC1. The van der Waals surface area contributed by atoms with Gasteiger partial charge in [0.2, 0.25) is 10.0 Å². The maximum absolute atomic E-state index is 13.0. The average molecular weight is 611 g/mol. The molecule has 0 aromatic heterocycles. The monoisotopic (exact) mass is 609 g/mol. The lowest BCUT2D eigenvalue weighted by Crippen LogP contribution is -2.50. The number of benzene rings is 3. The van der Waals surface area contributed by atoms with E-state index >= 15 is 0 Å². The molecule has 39 heavy (non-hydrogen) atoms. The van der Waals surface area contributed by atoms with Crippen LogP contribution < -0.4 is 9.46 Å². The number of amides is 2. The van der Waals surface area contributed by atoms with E-state index in [9.17, 15) is 18.0 Å². The fourth-order valence-electron chi connectivity index (χ4n) is 4.13. The molecular formula is C27H26Cl3N3O5S. The number of hydrogen-bond acceptors (Lipinski definition) is 5. The summed E-state index contributed by atoms with van der Waals surface area (Å²) in [7, 11) is -2.20. The Hall–Kier alpha value is -2.82. The second-order valence-electron chi connectivity index (χ2n) is 9.11. The predicted molar refractivity (Wildman–Crippen MR) is 151 cm³/mol. The lowest BCUT2D eigenvalue weighted by Gasteiger charge is -2.32. The van der Waals surface area contributed by atoms with Gasteiger partial charge >= 0.3 is 11.8 Å². The second kappa shape index (κ2) is 12.6. The van der Waals surface area contributed by atoms with Crippen LogP contribution in [0.3, 0.4) is 0 Å². The minimum absolute atomic E-state index is 0.0887. The summed E-state index contributed by atoms with van der Waals surface area (Å²) in [6.45, 7) is 0.577. The van der Waals surface area contributed by atoms with Crippen LogP contribution in [-0.4, -0.2) is 56.2 Å². The number of rotatable bonds is 7. The molecule has 3 aromatic rings. The number of carbonyl (C=O) groups excluding carboxylic acids is 2. The van der Waals surface area contributed by atoms with Crippen molar-refractivity contribution in [1.29, 1.82) is 0 Å². The molecule has 1 fully saturated rings. The number of carbonyl (C=O) groups is 2. The molecule has 0 radical (unpaired) electrons. The van der Waals surface area contributed by atoms with Crippen LogP contribution in [0.25, 0.3) is 0 Å². The molecule has 206 valence electrons. The highest BCUT2D eigenvalue weighted by Crippen LogP contribution is 2.30. The summed E-state index contributed by atoms with van der Waals surface area (Å²) >= 11 is 18.0. The fourth-order valence-corrected chi connectivity index (χ4v) is 5.88. The van der Waals surface area contributed by atoms with E-state index in [0.29, 0.717) is 45.0 Å². The van der Waals surface area contributed by atoms with Gasteiger partial charge in [0.25, 0.3) is 0 Å². The zero-order valence-electron chi connectivity index (χ0n) is 20.9. The number of hydrogen-bond donors (Lipinski definition) is 1. The maximum atomic E-state index is 13.0. The van der Waals surface area contributed by atoms with E-state index in [2.05, 4.69) is 4.72 Å². The van der Waals surface area contributed by atoms with Crippen LogP contribution in [0.15, 0.2) is 71.6 Å². The highest BCUT2D eigenvalue weighted by Gasteiger charge is 2.31. The van der Waals surface area contributed by atoms with Gasteiger partial charge in [-0.1, -0.05) is 34.8 Å². The molecule has 1 aliphatic heterocycles. The Morgan fingerprint density at radius 2 is 1.49 bits per heavy atom. The maximum Gasteiger partial charge on any atom is 0.312 e. The number of likely N-dealkylation sites (tertiary alicyclic amines) is 1. The minimum Gasteiger partial charge on any atom is -0.457 e. The van der Waals surface area contributed by atoms with E-state index in [4.69, 9.17) is 39.5 Å². The van der Waals surface area contributed by atoms with Crippen LogP contribution in [0.4, 0.5) is 0 Å². The number of likely N-dealkylation sites (N-methyl/N-ethyl adjacent to an activating group) is 1. The van der Waals surface area contributed by atoms with Gasteiger partial charge in [0.15, 0.2) is 0 Å². The lowest BCUT2D eigenvalue weighted by atomic mass is 10.1. The fraction of sp³-hybridized carbons (Fsp3) is 0.259. The molecule has 4 rings (SSSR count). The van der Waals surface area contributed by atoms with E-state index < -0.39 is 21.8 Å². The van der Waals surface area contributed by atoms with Gasteiger partial charge in [-0.2, -0.15) is 0 Å². The molecule has 3 aromatic carbocycles. The molecule has 1 saturated heterocycles. The first-order chi connectivity index (χ1) is 18.5. The van der Waals surface area contributed by atoms with Crippen molar-refractivity contribution < 1.29 is 22.7 Å². The van der Waals surface area contributed by atoms with Crippen LogP contribution in [0.1, 0.15) is 18.4 Å². The van der Waals surface area contributed by atoms with E-state index in [1.807, 2.05) is 0 Å². The molecule has 8 nitrogen and oxygen atoms in total. The highest BCUT2D eigenvalue weighted by atomic mass is 35.5. The zero-order chi connectivity index (χ0) is 28.2. The molecule has 0 aliphatic carbocycles. The Morgan fingerprint density at radius 1 is 0.923 bits per heavy atom. The Balaban J connectivity index is 1.34. The van der Waals surface area contributed by atoms with Crippen LogP contribution in [0.2, 0.25) is 15.1 Å². The molecular weight excluding hydrogens is 585 g/mol. The first kappa shape index (κ1) is 29.2. The number of halogens is 3. The highest BCUT2D eigenvalue weighted by molar-refractivity contribution is 7.89.